The molecule has 0 fully saturated rings. The largest absolute Gasteiger partial charge is 0.463 e. The third-order valence-corrected chi connectivity index (χ3v) is 2.48. The second-order valence-corrected chi connectivity index (χ2v) is 3.85. The quantitative estimate of drug-likeness (QED) is 0.637. The van der Waals surface area contributed by atoms with E-state index in [2.05, 4.69) is 20.0 Å². The average molecular weight is 258 g/mol. The van der Waals surface area contributed by atoms with Gasteiger partial charge in [-0.3, -0.25) is 0 Å². The maximum atomic E-state index is 11.3. The van der Waals surface area contributed by atoms with Gasteiger partial charge in [-0.25, -0.2) is 14.8 Å². The van der Waals surface area contributed by atoms with Crippen molar-refractivity contribution in [3.8, 4) is 0 Å². The fourth-order valence-corrected chi connectivity index (χ4v) is 1.47. The van der Waals surface area contributed by atoms with Gasteiger partial charge in [-0.2, -0.15) is 0 Å². The summed E-state index contributed by atoms with van der Waals surface area (Å²) in [4.78, 5) is 19.2. The van der Waals surface area contributed by atoms with Crippen LogP contribution in [0.4, 0.5) is 11.5 Å². The van der Waals surface area contributed by atoms with E-state index in [0.29, 0.717) is 12.4 Å². The molecular weight excluding hydrogens is 244 g/mol. The van der Waals surface area contributed by atoms with E-state index in [1.54, 1.807) is 6.07 Å². The van der Waals surface area contributed by atoms with Gasteiger partial charge in [0.25, 0.3) is 0 Å². The molecule has 1 heterocycles. The third kappa shape index (κ3) is 3.41. The minimum absolute atomic E-state index is 0.0322. The van der Waals surface area contributed by atoms with Crippen LogP contribution in [0.1, 0.15) is 16.2 Å². The molecule has 0 radical (unpaired) electrons. The van der Waals surface area contributed by atoms with Crippen molar-refractivity contribution in [2.24, 2.45) is 0 Å². The van der Waals surface area contributed by atoms with Crippen LogP contribution >= 0.6 is 0 Å². The Morgan fingerprint density at radius 3 is 2.74 bits per heavy atom. The standard InChI is InChI=1S/C13H14N4O2/c1-19-13(18)12-15-7-6-11(17-12)16-8-9-2-4-10(14)5-3-9/h2-7H,8,14H2,1H3,(H,15,16,17). The van der Waals surface area contributed by atoms with Crippen LogP contribution in [0.15, 0.2) is 36.5 Å². The number of anilines is 2. The number of carbonyl (C=O) groups is 1. The van der Waals surface area contributed by atoms with E-state index in [1.165, 1.54) is 13.3 Å². The summed E-state index contributed by atoms with van der Waals surface area (Å²) >= 11 is 0. The first-order valence-corrected chi connectivity index (χ1v) is 5.68. The number of esters is 1. The van der Waals surface area contributed by atoms with Crippen molar-refractivity contribution in [1.82, 2.24) is 9.97 Å². The fourth-order valence-electron chi connectivity index (χ4n) is 1.47. The Morgan fingerprint density at radius 2 is 2.05 bits per heavy atom. The zero-order chi connectivity index (χ0) is 13.7. The maximum absolute atomic E-state index is 11.3. The van der Waals surface area contributed by atoms with Crippen molar-refractivity contribution in [3.63, 3.8) is 0 Å². The number of nitrogens with two attached hydrogens (primary N) is 1. The Labute approximate surface area is 110 Å². The lowest BCUT2D eigenvalue weighted by molar-refractivity contribution is 0.0587. The second-order valence-electron chi connectivity index (χ2n) is 3.85. The summed E-state index contributed by atoms with van der Waals surface area (Å²) in [6.45, 7) is 0.581. The molecule has 0 spiro atoms. The molecule has 0 aliphatic carbocycles. The Morgan fingerprint density at radius 1 is 1.32 bits per heavy atom. The van der Waals surface area contributed by atoms with Crippen LogP contribution in [0.2, 0.25) is 0 Å². The highest BCUT2D eigenvalue weighted by Crippen LogP contribution is 2.09. The van der Waals surface area contributed by atoms with E-state index in [1.807, 2.05) is 24.3 Å². The third-order valence-electron chi connectivity index (χ3n) is 2.48. The van der Waals surface area contributed by atoms with Gasteiger partial charge in [-0.15, -0.1) is 0 Å². The minimum Gasteiger partial charge on any atom is -0.463 e. The summed E-state index contributed by atoms with van der Waals surface area (Å²) in [6.07, 6.45) is 1.50. The number of rotatable bonds is 4. The monoisotopic (exact) mass is 258 g/mol. The molecule has 0 unspecified atom stereocenters. The molecule has 0 atom stereocenters. The first-order chi connectivity index (χ1) is 9.19. The Bertz CT molecular complexity index is 569. The summed E-state index contributed by atoms with van der Waals surface area (Å²) in [5.41, 5.74) is 7.39. The summed E-state index contributed by atoms with van der Waals surface area (Å²) in [5, 5.41) is 3.10. The predicted octanol–water partition coefficient (Wildman–Crippen LogP) is 1.46. The smallest absolute Gasteiger partial charge is 0.376 e. The molecule has 0 saturated carbocycles. The minimum atomic E-state index is -0.559. The highest BCUT2D eigenvalue weighted by molar-refractivity contribution is 5.85. The topological polar surface area (TPSA) is 90.1 Å². The number of benzene rings is 1. The Hall–Kier alpha value is -2.63. The number of hydrogen-bond acceptors (Lipinski definition) is 6. The summed E-state index contributed by atoms with van der Waals surface area (Å²) in [7, 11) is 1.29. The lowest BCUT2D eigenvalue weighted by atomic mass is 10.2. The van der Waals surface area contributed by atoms with Crippen molar-refractivity contribution < 1.29 is 9.53 Å². The number of carbonyl (C=O) groups excluding carboxylic acids is 1. The number of methoxy groups -OCH3 is 1. The molecule has 0 amide bonds. The van der Waals surface area contributed by atoms with Gasteiger partial charge in [0.2, 0.25) is 5.82 Å². The van der Waals surface area contributed by atoms with Crippen molar-refractivity contribution in [2.45, 2.75) is 6.54 Å². The highest BCUT2D eigenvalue weighted by Gasteiger charge is 2.09. The van der Waals surface area contributed by atoms with E-state index in [-0.39, 0.29) is 5.82 Å². The highest BCUT2D eigenvalue weighted by atomic mass is 16.5. The first-order valence-electron chi connectivity index (χ1n) is 5.68. The van der Waals surface area contributed by atoms with E-state index in [9.17, 15) is 4.79 Å². The number of nitrogen functional groups attached to an aromatic ring is 1. The molecule has 6 heteroatoms. The molecule has 1 aromatic heterocycles. The summed E-state index contributed by atoms with van der Waals surface area (Å²) in [6, 6.07) is 9.19. The van der Waals surface area contributed by atoms with Crippen molar-refractivity contribution >= 4 is 17.5 Å². The van der Waals surface area contributed by atoms with Crippen LogP contribution < -0.4 is 11.1 Å². The Balaban J connectivity index is 2.03. The number of ether oxygens (including phenoxy) is 1. The van der Waals surface area contributed by atoms with Crippen LogP contribution in [0.3, 0.4) is 0 Å². The number of hydrogen-bond donors (Lipinski definition) is 2. The molecule has 0 aliphatic heterocycles. The molecule has 0 saturated heterocycles. The lowest BCUT2D eigenvalue weighted by Gasteiger charge is -2.06. The van der Waals surface area contributed by atoms with E-state index in [0.717, 1.165) is 11.3 Å². The van der Waals surface area contributed by atoms with Crippen LogP contribution in [-0.4, -0.2) is 23.0 Å². The van der Waals surface area contributed by atoms with Crippen LogP contribution in [0, 0.1) is 0 Å². The molecule has 1 aromatic carbocycles. The van der Waals surface area contributed by atoms with Crippen LogP contribution in [-0.2, 0) is 11.3 Å². The van der Waals surface area contributed by atoms with E-state index < -0.39 is 5.97 Å². The molecule has 0 aliphatic rings. The second kappa shape index (κ2) is 5.81. The first kappa shape index (κ1) is 12.8. The maximum Gasteiger partial charge on any atom is 0.376 e. The van der Waals surface area contributed by atoms with Crippen molar-refractivity contribution in [3.05, 3.63) is 47.9 Å². The zero-order valence-corrected chi connectivity index (χ0v) is 10.5. The van der Waals surface area contributed by atoms with Gasteiger partial charge in [0.1, 0.15) is 5.82 Å². The fraction of sp³-hybridized carbons (Fsp3) is 0.154. The number of aromatic nitrogens is 2. The van der Waals surface area contributed by atoms with Gasteiger partial charge in [-0.1, -0.05) is 12.1 Å². The average Bonchev–Trinajstić information content (AvgIpc) is 2.46. The molecule has 0 bridgehead atoms. The Kier molecular flexibility index (Phi) is 3.92. The van der Waals surface area contributed by atoms with Gasteiger partial charge in [0, 0.05) is 18.4 Å². The zero-order valence-electron chi connectivity index (χ0n) is 10.5. The van der Waals surface area contributed by atoms with Crippen molar-refractivity contribution in [1.29, 1.82) is 0 Å². The summed E-state index contributed by atoms with van der Waals surface area (Å²) in [5.74, 6) is 0.0353. The predicted molar refractivity (Wildman–Crippen MR) is 71.6 cm³/mol. The number of nitrogens with zero attached hydrogens (tertiary/aromatic N) is 2. The molecule has 19 heavy (non-hydrogen) atoms. The van der Waals surface area contributed by atoms with Crippen LogP contribution in [0.5, 0.6) is 0 Å². The summed E-state index contributed by atoms with van der Waals surface area (Å²) < 4.78 is 4.56. The molecule has 2 aromatic rings. The van der Waals surface area contributed by atoms with Gasteiger partial charge in [0.15, 0.2) is 0 Å². The number of nitrogens with one attached hydrogen (secondary N) is 1. The van der Waals surface area contributed by atoms with Crippen LogP contribution in [0.25, 0.3) is 0 Å². The lowest BCUT2D eigenvalue weighted by Crippen LogP contribution is -2.09. The molecule has 2 rings (SSSR count). The van der Waals surface area contributed by atoms with Gasteiger partial charge in [-0.05, 0) is 23.8 Å². The van der Waals surface area contributed by atoms with Crippen molar-refractivity contribution in [2.75, 3.05) is 18.2 Å². The molecular formula is C13H14N4O2. The SMILES string of the molecule is COC(=O)c1nccc(NCc2ccc(N)cc2)n1. The molecule has 98 valence electrons. The van der Waals surface area contributed by atoms with E-state index >= 15 is 0 Å². The van der Waals surface area contributed by atoms with Gasteiger partial charge in [0.05, 0.1) is 7.11 Å². The molecule has 6 nitrogen and oxygen atoms in total. The van der Waals surface area contributed by atoms with Gasteiger partial charge < -0.3 is 15.8 Å². The normalized spacial score (nSPS) is 9.95. The van der Waals surface area contributed by atoms with Gasteiger partial charge >= 0.3 is 5.97 Å². The van der Waals surface area contributed by atoms with E-state index in [4.69, 9.17) is 5.73 Å². The molecule has 3 N–H and O–H groups in total.